The van der Waals surface area contributed by atoms with E-state index in [0.717, 1.165) is 49.7 Å². The van der Waals surface area contributed by atoms with Gasteiger partial charge >= 0.3 is 0 Å². The number of benzene rings is 3. The first-order valence-corrected chi connectivity index (χ1v) is 27.1. The number of fused-ring (bicyclic) bond motifs is 2. The maximum atomic E-state index is 14.6. The Hall–Kier alpha value is -5.68. The van der Waals surface area contributed by atoms with Gasteiger partial charge in [-0.1, -0.05) is 90.1 Å². The standard InChI is InChI=1S/C58H84N10O6/c1-35(59-9)31-61-49(57(3,4)5)55(73)67-33-41(29-47(67)53(71)65-45-23-15-19-37-17-11-13-21-43(37)45)63-51(69)39-25-27-40(28-26-39)52(70)64-42-30-48(54(72)66-46-24-16-20-38-18-12-14-22-44(38)46)68(34-42)56(74)50(58(6,7)8)62-32-36(2)60-10/h11-14,17-18,21-22,25-28,35-36,41-42,45-50,59-62H,15-16,19-20,23-24,29-34H2,1-10H3,(H,63,69)(H,64,70)(H,65,71)(H,66,72)/t35-,36-,41-,42-,45+,46+,47-,48-,49+,50+/m0/s1. The molecule has 10 atom stereocenters. The SMILES string of the molecule is CN[C@@H](C)CN[C@H](C(=O)N1C[C@@H](NC(=O)c2ccc(C(=O)N[C@H]3C[C@@H](C(=O)N[C@@H]4CCCc5ccccc54)N(C(=O)[C@@H](NC[C@H](C)NC)C(C)(C)C)C3)cc2)C[C@H]1C(=O)N[C@@H]1CCCc2ccccc21)C(C)(C)C. The van der Waals surface area contributed by atoms with E-state index in [9.17, 15) is 28.8 Å². The van der Waals surface area contributed by atoms with Gasteiger partial charge < -0.3 is 52.3 Å². The van der Waals surface area contributed by atoms with Gasteiger partial charge in [0.2, 0.25) is 23.6 Å². The third-order valence-corrected chi connectivity index (χ3v) is 15.7. The maximum Gasteiger partial charge on any atom is 0.251 e. The molecule has 2 saturated heterocycles. The molecule has 16 nitrogen and oxygen atoms in total. The second-order valence-electron chi connectivity index (χ2n) is 23.5. The van der Waals surface area contributed by atoms with E-state index in [4.69, 9.17) is 0 Å². The van der Waals surface area contributed by atoms with Crippen molar-refractivity contribution in [3.63, 3.8) is 0 Å². The van der Waals surface area contributed by atoms with Crippen LogP contribution in [0, 0.1) is 10.8 Å². The molecule has 0 unspecified atom stereocenters. The fourth-order valence-electron chi connectivity index (χ4n) is 11.2. The predicted octanol–water partition coefficient (Wildman–Crippen LogP) is 4.70. The highest BCUT2D eigenvalue weighted by Crippen LogP contribution is 2.34. The van der Waals surface area contributed by atoms with Crippen LogP contribution in [0.1, 0.15) is 149 Å². The minimum atomic E-state index is -0.810. The number of rotatable bonds is 18. The lowest BCUT2D eigenvalue weighted by Gasteiger charge is -2.36. The quantitative estimate of drug-likeness (QED) is 0.0883. The zero-order valence-corrected chi connectivity index (χ0v) is 45.5. The van der Waals surface area contributed by atoms with Crippen LogP contribution in [0.2, 0.25) is 0 Å². The molecule has 16 heteroatoms. The fourth-order valence-corrected chi connectivity index (χ4v) is 11.2. The van der Waals surface area contributed by atoms with Crippen LogP contribution in [-0.2, 0) is 32.0 Å². The average Bonchev–Trinajstić information content (AvgIpc) is 4.00. The predicted molar refractivity (Wildman–Crippen MR) is 289 cm³/mol. The van der Waals surface area contributed by atoms with E-state index in [1.165, 1.54) is 11.1 Å². The molecule has 0 aromatic heterocycles. The average molecular weight is 1020 g/mol. The summed E-state index contributed by atoms with van der Waals surface area (Å²) < 4.78 is 0. The van der Waals surface area contributed by atoms with E-state index in [1.807, 2.05) is 93.8 Å². The Bertz CT molecular complexity index is 2300. The van der Waals surface area contributed by atoms with Gasteiger partial charge in [0.1, 0.15) is 12.1 Å². The number of likely N-dealkylation sites (N-methyl/N-ethyl adjacent to an activating group) is 2. The highest BCUT2D eigenvalue weighted by atomic mass is 16.2. The van der Waals surface area contributed by atoms with Gasteiger partial charge in [-0.25, -0.2) is 0 Å². The Kier molecular flexibility index (Phi) is 18.4. The van der Waals surface area contributed by atoms with E-state index < -0.39 is 58.9 Å². The summed E-state index contributed by atoms with van der Waals surface area (Å²) in [5.41, 5.74) is 4.30. The van der Waals surface area contributed by atoms with Gasteiger partial charge in [-0.05, 0) is 137 Å². The van der Waals surface area contributed by atoms with E-state index in [0.29, 0.717) is 24.2 Å². The van der Waals surface area contributed by atoms with Crippen LogP contribution < -0.4 is 42.5 Å². The molecule has 2 fully saturated rings. The molecule has 3 aromatic carbocycles. The number of aryl methyl sites for hydroxylation is 2. The number of nitrogens with zero attached hydrogens (tertiary/aromatic N) is 2. The lowest BCUT2D eigenvalue weighted by atomic mass is 9.85. The van der Waals surface area contributed by atoms with E-state index in [2.05, 4.69) is 66.8 Å². The molecule has 402 valence electrons. The first-order valence-electron chi connectivity index (χ1n) is 27.1. The number of hydrogen-bond acceptors (Lipinski definition) is 10. The van der Waals surface area contributed by atoms with E-state index in [-0.39, 0.29) is 73.7 Å². The minimum Gasteiger partial charge on any atom is -0.347 e. The number of nitrogens with one attached hydrogen (secondary N) is 8. The van der Waals surface area contributed by atoms with Gasteiger partial charge in [0.25, 0.3) is 11.8 Å². The lowest BCUT2D eigenvalue weighted by Crippen LogP contribution is -2.58. The van der Waals surface area contributed by atoms with Crippen molar-refractivity contribution in [2.24, 2.45) is 10.8 Å². The fraction of sp³-hybridized carbons (Fsp3) is 0.586. The summed E-state index contributed by atoms with van der Waals surface area (Å²) in [4.78, 5) is 89.3. The van der Waals surface area contributed by atoms with Crippen LogP contribution in [0.4, 0.5) is 0 Å². The van der Waals surface area contributed by atoms with Crippen LogP contribution in [0.25, 0.3) is 0 Å². The van der Waals surface area contributed by atoms with Crippen molar-refractivity contribution in [3.8, 4) is 0 Å². The van der Waals surface area contributed by atoms with Crippen molar-refractivity contribution in [1.29, 1.82) is 0 Å². The largest absolute Gasteiger partial charge is 0.347 e. The van der Waals surface area contributed by atoms with Crippen LogP contribution in [0.3, 0.4) is 0 Å². The third-order valence-electron chi connectivity index (χ3n) is 15.7. The topological polar surface area (TPSA) is 205 Å². The van der Waals surface area contributed by atoms with E-state index in [1.54, 1.807) is 34.1 Å². The molecule has 7 rings (SSSR count). The van der Waals surface area contributed by atoms with Gasteiger partial charge in [-0.15, -0.1) is 0 Å². The number of carbonyl (C=O) groups excluding carboxylic acids is 6. The van der Waals surface area contributed by atoms with Crippen molar-refractivity contribution in [1.82, 2.24) is 52.3 Å². The molecule has 4 aliphatic rings. The van der Waals surface area contributed by atoms with Gasteiger partial charge in [0.15, 0.2) is 0 Å². The molecule has 0 bridgehead atoms. The molecule has 2 heterocycles. The van der Waals surface area contributed by atoms with E-state index >= 15 is 0 Å². The molecule has 6 amide bonds. The first-order chi connectivity index (χ1) is 35.2. The molecule has 0 spiro atoms. The van der Waals surface area contributed by atoms with Crippen LogP contribution in [-0.4, -0.2) is 134 Å². The summed E-state index contributed by atoms with van der Waals surface area (Å²) in [6.45, 7) is 17.5. The minimum absolute atomic E-state index is 0.104. The monoisotopic (exact) mass is 1020 g/mol. The summed E-state index contributed by atoms with van der Waals surface area (Å²) in [6, 6.07) is 18.7. The lowest BCUT2D eigenvalue weighted by molar-refractivity contribution is -0.142. The zero-order chi connectivity index (χ0) is 53.5. The van der Waals surface area contributed by atoms with Crippen molar-refractivity contribution in [2.75, 3.05) is 40.3 Å². The second kappa shape index (κ2) is 24.3. The summed E-state index contributed by atoms with van der Waals surface area (Å²) >= 11 is 0. The molecule has 2 aliphatic carbocycles. The maximum absolute atomic E-state index is 14.6. The van der Waals surface area contributed by atoms with Gasteiger partial charge in [-0.2, -0.15) is 0 Å². The zero-order valence-electron chi connectivity index (χ0n) is 45.5. The van der Waals surface area contributed by atoms with Crippen LogP contribution in [0.15, 0.2) is 72.8 Å². The summed E-state index contributed by atoms with van der Waals surface area (Å²) in [6.07, 6.45) is 5.85. The van der Waals surface area contributed by atoms with Gasteiger partial charge in [0, 0.05) is 61.5 Å². The molecule has 2 aliphatic heterocycles. The highest BCUT2D eigenvalue weighted by molar-refractivity contribution is 5.99. The molecule has 3 aromatic rings. The first kappa shape index (κ1) is 56.1. The Morgan fingerprint density at radius 1 is 0.541 bits per heavy atom. The molecular weight excluding hydrogens is 933 g/mol. The van der Waals surface area contributed by atoms with Gasteiger partial charge in [0.05, 0.1) is 24.2 Å². The summed E-state index contributed by atoms with van der Waals surface area (Å²) in [5, 5.41) is 26.1. The number of hydrogen-bond donors (Lipinski definition) is 8. The number of carbonyl (C=O) groups is 6. The number of amides is 6. The molecule has 0 radical (unpaired) electrons. The molecular formula is C58H84N10O6. The number of likely N-dealkylation sites (tertiary alicyclic amines) is 2. The normalized spacial score (nSPS) is 23.4. The Morgan fingerprint density at radius 3 is 1.26 bits per heavy atom. The van der Waals surface area contributed by atoms with Crippen molar-refractivity contribution >= 4 is 35.4 Å². The van der Waals surface area contributed by atoms with Crippen LogP contribution in [0.5, 0.6) is 0 Å². The molecule has 8 N–H and O–H groups in total. The van der Waals surface area contributed by atoms with Crippen molar-refractivity contribution in [2.45, 2.75) is 167 Å². The Balaban J connectivity index is 1.04. The van der Waals surface area contributed by atoms with Gasteiger partial charge in [-0.3, -0.25) is 28.8 Å². The van der Waals surface area contributed by atoms with Crippen molar-refractivity contribution < 1.29 is 28.8 Å². The smallest absolute Gasteiger partial charge is 0.251 e. The van der Waals surface area contributed by atoms with Crippen molar-refractivity contribution in [3.05, 3.63) is 106 Å². The summed E-state index contributed by atoms with van der Waals surface area (Å²) in [5.74, 6) is -1.67. The highest BCUT2D eigenvalue weighted by Gasteiger charge is 2.47. The third kappa shape index (κ3) is 13.6. The Morgan fingerprint density at radius 2 is 0.905 bits per heavy atom. The Labute approximate surface area is 439 Å². The van der Waals surface area contributed by atoms with Crippen LogP contribution >= 0.6 is 0 Å². The molecule has 74 heavy (non-hydrogen) atoms. The second-order valence-corrected chi connectivity index (χ2v) is 23.5. The molecule has 0 saturated carbocycles. The summed E-state index contributed by atoms with van der Waals surface area (Å²) in [7, 11) is 3.75.